The Bertz CT molecular complexity index is 1040. The van der Waals surface area contributed by atoms with Gasteiger partial charge in [-0.05, 0) is 42.0 Å². The van der Waals surface area contributed by atoms with E-state index in [1.54, 1.807) is 4.90 Å². The standard InChI is InChI=1S/C25H27N3O4/c29-16-20-10-12-28(13-11-20)25(31)22-17-32-24(27-22)21-8-6-19(7-9-21)15-26-23(30)14-18-4-2-1-3-5-18/h1-9,17,20,29H,10-16H2,(H,26,30). The van der Waals surface area contributed by atoms with Gasteiger partial charge in [0.25, 0.3) is 5.91 Å². The number of nitrogens with one attached hydrogen (secondary N) is 1. The lowest BCUT2D eigenvalue weighted by Gasteiger charge is -2.30. The fraction of sp³-hybridized carbons (Fsp3) is 0.320. The van der Waals surface area contributed by atoms with Crippen molar-refractivity contribution in [2.75, 3.05) is 19.7 Å². The highest BCUT2D eigenvalue weighted by atomic mass is 16.3. The summed E-state index contributed by atoms with van der Waals surface area (Å²) in [4.78, 5) is 30.9. The minimum atomic E-state index is -0.144. The lowest BCUT2D eigenvalue weighted by molar-refractivity contribution is -0.120. The maximum Gasteiger partial charge on any atom is 0.275 e. The van der Waals surface area contributed by atoms with E-state index in [1.807, 2.05) is 54.6 Å². The molecule has 32 heavy (non-hydrogen) atoms. The van der Waals surface area contributed by atoms with Crippen molar-refractivity contribution in [1.82, 2.24) is 15.2 Å². The highest BCUT2D eigenvalue weighted by molar-refractivity contribution is 5.92. The molecule has 0 aliphatic carbocycles. The molecule has 2 N–H and O–H groups in total. The topological polar surface area (TPSA) is 95.7 Å². The van der Waals surface area contributed by atoms with Crippen molar-refractivity contribution >= 4 is 11.8 Å². The van der Waals surface area contributed by atoms with Crippen LogP contribution < -0.4 is 5.32 Å². The van der Waals surface area contributed by atoms with Crippen LogP contribution in [0.5, 0.6) is 0 Å². The number of carbonyl (C=O) groups excluding carboxylic acids is 2. The smallest absolute Gasteiger partial charge is 0.275 e. The lowest BCUT2D eigenvalue weighted by Crippen LogP contribution is -2.39. The second kappa shape index (κ2) is 10.2. The summed E-state index contributed by atoms with van der Waals surface area (Å²) in [6, 6.07) is 17.2. The predicted octanol–water partition coefficient (Wildman–Crippen LogP) is 3.05. The summed E-state index contributed by atoms with van der Waals surface area (Å²) in [7, 11) is 0. The summed E-state index contributed by atoms with van der Waals surface area (Å²) in [6.07, 6.45) is 3.35. The Morgan fingerprint density at radius 3 is 2.44 bits per heavy atom. The molecular formula is C25H27N3O4. The van der Waals surface area contributed by atoms with Crippen molar-refractivity contribution in [1.29, 1.82) is 0 Å². The number of oxazole rings is 1. The molecule has 0 bridgehead atoms. The van der Waals surface area contributed by atoms with Crippen LogP contribution in [0.2, 0.25) is 0 Å². The minimum absolute atomic E-state index is 0.0286. The van der Waals surface area contributed by atoms with Crippen molar-refractivity contribution in [2.45, 2.75) is 25.8 Å². The number of carbonyl (C=O) groups is 2. The number of piperidine rings is 1. The zero-order valence-electron chi connectivity index (χ0n) is 17.9. The van der Waals surface area contributed by atoms with E-state index in [4.69, 9.17) is 4.42 Å². The largest absolute Gasteiger partial charge is 0.444 e. The molecule has 4 rings (SSSR count). The molecule has 0 atom stereocenters. The maximum atomic E-state index is 12.7. The van der Waals surface area contributed by atoms with E-state index in [0.717, 1.165) is 29.5 Å². The van der Waals surface area contributed by atoms with Gasteiger partial charge in [-0.2, -0.15) is 0 Å². The first-order valence-electron chi connectivity index (χ1n) is 10.9. The molecule has 2 aromatic carbocycles. The summed E-state index contributed by atoms with van der Waals surface area (Å²) < 4.78 is 5.54. The first-order chi connectivity index (χ1) is 15.6. The SMILES string of the molecule is O=C(Cc1ccccc1)NCc1ccc(-c2nc(C(=O)N3CCC(CO)CC3)co2)cc1. The van der Waals surface area contributed by atoms with E-state index >= 15 is 0 Å². The van der Waals surface area contributed by atoms with Gasteiger partial charge < -0.3 is 19.7 Å². The normalized spacial score (nSPS) is 14.3. The van der Waals surface area contributed by atoms with Gasteiger partial charge in [-0.25, -0.2) is 4.98 Å². The van der Waals surface area contributed by atoms with Crippen molar-refractivity contribution < 1.29 is 19.1 Å². The number of nitrogens with zero attached hydrogens (tertiary/aromatic N) is 2. The number of aliphatic hydroxyl groups excluding tert-OH is 1. The molecule has 1 saturated heterocycles. The van der Waals surface area contributed by atoms with Crippen LogP contribution in [0.15, 0.2) is 65.3 Å². The summed E-state index contributed by atoms with van der Waals surface area (Å²) >= 11 is 0. The Labute approximate surface area is 187 Å². The van der Waals surface area contributed by atoms with Crippen LogP contribution in [0.3, 0.4) is 0 Å². The van der Waals surface area contributed by atoms with Crippen molar-refractivity contribution in [2.24, 2.45) is 5.92 Å². The first-order valence-corrected chi connectivity index (χ1v) is 10.9. The van der Waals surface area contributed by atoms with Gasteiger partial charge in [-0.1, -0.05) is 42.5 Å². The van der Waals surface area contributed by atoms with Crippen LogP contribution in [0.25, 0.3) is 11.5 Å². The molecule has 1 fully saturated rings. The Hall–Kier alpha value is -3.45. The van der Waals surface area contributed by atoms with Crippen molar-refractivity contribution in [3.05, 3.63) is 77.7 Å². The minimum Gasteiger partial charge on any atom is -0.444 e. The van der Waals surface area contributed by atoms with Gasteiger partial charge in [0.1, 0.15) is 6.26 Å². The Morgan fingerprint density at radius 1 is 1.03 bits per heavy atom. The fourth-order valence-corrected chi connectivity index (χ4v) is 3.79. The van der Waals surface area contributed by atoms with E-state index in [0.29, 0.717) is 37.6 Å². The zero-order chi connectivity index (χ0) is 22.3. The van der Waals surface area contributed by atoms with Gasteiger partial charge in [0.2, 0.25) is 11.8 Å². The van der Waals surface area contributed by atoms with E-state index in [-0.39, 0.29) is 24.3 Å². The number of likely N-dealkylation sites (tertiary alicyclic amines) is 1. The van der Waals surface area contributed by atoms with Gasteiger partial charge >= 0.3 is 0 Å². The van der Waals surface area contributed by atoms with Gasteiger partial charge in [0.15, 0.2) is 5.69 Å². The molecular weight excluding hydrogens is 406 g/mol. The summed E-state index contributed by atoms with van der Waals surface area (Å²) in [5.41, 5.74) is 3.00. The van der Waals surface area contributed by atoms with Crippen LogP contribution in [-0.2, 0) is 17.8 Å². The van der Waals surface area contributed by atoms with Crippen LogP contribution in [0.1, 0.15) is 34.5 Å². The van der Waals surface area contributed by atoms with Gasteiger partial charge in [0.05, 0.1) is 6.42 Å². The van der Waals surface area contributed by atoms with Gasteiger partial charge in [-0.15, -0.1) is 0 Å². The third-order valence-corrected chi connectivity index (χ3v) is 5.78. The molecule has 166 valence electrons. The zero-order valence-corrected chi connectivity index (χ0v) is 17.9. The number of amides is 2. The number of aliphatic hydroxyl groups is 1. The maximum absolute atomic E-state index is 12.7. The average Bonchev–Trinajstić information content (AvgIpc) is 3.34. The third-order valence-electron chi connectivity index (χ3n) is 5.78. The summed E-state index contributed by atoms with van der Waals surface area (Å²) in [5, 5.41) is 12.2. The number of benzene rings is 2. The van der Waals surface area contributed by atoms with E-state index in [1.165, 1.54) is 6.26 Å². The molecule has 2 heterocycles. The Morgan fingerprint density at radius 2 is 1.75 bits per heavy atom. The van der Waals surface area contributed by atoms with Crippen LogP contribution in [0, 0.1) is 5.92 Å². The van der Waals surface area contributed by atoms with Crippen molar-refractivity contribution in [3.8, 4) is 11.5 Å². The van der Waals surface area contributed by atoms with E-state index in [9.17, 15) is 14.7 Å². The average molecular weight is 434 g/mol. The molecule has 0 unspecified atom stereocenters. The monoisotopic (exact) mass is 433 g/mol. The summed E-state index contributed by atoms with van der Waals surface area (Å²) in [6.45, 7) is 1.85. The molecule has 1 aliphatic heterocycles. The molecule has 0 saturated carbocycles. The Kier molecular flexibility index (Phi) is 6.97. The number of aromatic nitrogens is 1. The van der Waals surface area contributed by atoms with Gasteiger partial charge in [-0.3, -0.25) is 9.59 Å². The van der Waals surface area contributed by atoms with Crippen molar-refractivity contribution in [3.63, 3.8) is 0 Å². The van der Waals surface area contributed by atoms with Crippen LogP contribution in [-0.4, -0.2) is 46.5 Å². The number of hydrogen-bond donors (Lipinski definition) is 2. The first kappa shape index (κ1) is 21.8. The third kappa shape index (κ3) is 5.42. The number of rotatable bonds is 7. The van der Waals surface area contributed by atoms with E-state index in [2.05, 4.69) is 10.3 Å². The molecule has 7 heteroatoms. The fourth-order valence-electron chi connectivity index (χ4n) is 3.79. The highest BCUT2D eigenvalue weighted by Gasteiger charge is 2.25. The molecule has 3 aromatic rings. The van der Waals surface area contributed by atoms with Crippen LogP contribution in [0.4, 0.5) is 0 Å². The second-order valence-corrected chi connectivity index (χ2v) is 8.09. The highest BCUT2D eigenvalue weighted by Crippen LogP contribution is 2.22. The molecule has 0 radical (unpaired) electrons. The molecule has 2 amide bonds. The number of hydrogen-bond acceptors (Lipinski definition) is 5. The lowest BCUT2D eigenvalue weighted by atomic mass is 9.98. The predicted molar refractivity (Wildman–Crippen MR) is 120 cm³/mol. The summed E-state index contributed by atoms with van der Waals surface area (Å²) in [5.74, 6) is 0.486. The second-order valence-electron chi connectivity index (χ2n) is 8.09. The molecule has 1 aromatic heterocycles. The molecule has 7 nitrogen and oxygen atoms in total. The quantitative estimate of drug-likeness (QED) is 0.597. The Balaban J connectivity index is 1.31. The molecule has 0 spiro atoms. The van der Waals surface area contributed by atoms with Crippen LogP contribution >= 0.6 is 0 Å². The molecule has 1 aliphatic rings. The van der Waals surface area contributed by atoms with Gasteiger partial charge in [0, 0.05) is 31.8 Å². The van der Waals surface area contributed by atoms with E-state index < -0.39 is 0 Å².